The third-order valence-corrected chi connectivity index (χ3v) is 7.18. The Labute approximate surface area is 222 Å². The molecule has 0 saturated carbocycles. The summed E-state index contributed by atoms with van der Waals surface area (Å²) in [5, 5.41) is 22.5. The third-order valence-electron chi connectivity index (χ3n) is 6.91. The fraction of sp³-hybridized carbons (Fsp3) is 0.286. The van der Waals surface area contributed by atoms with Crippen molar-refractivity contribution in [1.82, 2.24) is 4.98 Å². The number of carbonyl (C=O) groups excluding carboxylic acids is 1. The van der Waals surface area contributed by atoms with E-state index in [0.717, 1.165) is 29.7 Å². The number of carbonyl (C=O) groups is 1. The number of aryl methyl sites for hydroxylation is 1. The van der Waals surface area contributed by atoms with Crippen LogP contribution in [0.4, 0.5) is 30.4 Å². The van der Waals surface area contributed by atoms with Crippen molar-refractivity contribution < 1.29 is 28.2 Å². The van der Waals surface area contributed by atoms with Gasteiger partial charge in [0.1, 0.15) is 0 Å². The number of nitrogens with one attached hydrogen (secondary N) is 1. The minimum Gasteiger partial charge on any atom is -0.393 e. The fourth-order valence-electron chi connectivity index (χ4n) is 5.03. The molecular formula is C28H25ClF3N3O3. The Kier molecular flexibility index (Phi) is 7.17. The van der Waals surface area contributed by atoms with Crippen LogP contribution in [0, 0.1) is 0 Å². The highest BCUT2D eigenvalue weighted by molar-refractivity contribution is 6.33. The van der Waals surface area contributed by atoms with Gasteiger partial charge in [-0.1, -0.05) is 29.8 Å². The Morgan fingerprint density at radius 2 is 2.03 bits per heavy atom. The van der Waals surface area contributed by atoms with Gasteiger partial charge in [0.2, 0.25) is 5.91 Å². The third kappa shape index (κ3) is 5.27. The summed E-state index contributed by atoms with van der Waals surface area (Å²) >= 11 is 6.38. The molecule has 1 unspecified atom stereocenters. The van der Waals surface area contributed by atoms with Gasteiger partial charge in [0.15, 0.2) is 5.82 Å². The number of halogens is 4. The van der Waals surface area contributed by atoms with Crippen LogP contribution in [0.2, 0.25) is 5.02 Å². The first-order chi connectivity index (χ1) is 18.1. The molecule has 0 saturated heterocycles. The molecule has 6 nitrogen and oxygen atoms in total. The number of alkyl halides is 3. The molecule has 3 N–H and O–H groups in total. The summed E-state index contributed by atoms with van der Waals surface area (Å²) < 4.78 is 40.8. The van der Waals surface area contributed by atoms with Crippen LogP contribution in [-0.2, 0) is 30.4 Å². The molecule has 3 aromatic rings. The van der Waals surface area contributed by atoms with Crippen molar-refractivity contribution in [2.75, 3.05) is 16.8 Å². The Hall–Kier alpha value is -3.40. The van der Waals surface area contributed by atoms with Gasteiger partial charge < -0.3 is 20.4 Å². The molecule has 2 heterocycles. The van der Waals surface area contributed by atoms with E-state index in [-0.39, 0.29) is 29.7 Å². The van der Waals surface area contributed by atoms with E-state index in [2.05, 4.69) is 10.3 Å². The van der Waals surface area contributed by atoms with Gasteiger partial charge in [-0.3, -0.25) is 4.79 Å². The number of pyridine rings is 1. The number of anilines is 3. The zero-order valence-electron chi connectivity index (χ0n) is 20.2. The van der Waals surface area contributed by atoms with E-state index in [0.29, 0.717) is 41.6 Å². The summed E-state index contributed by atoms with van der Waals surface area (Å²) in [7, 11) is 0. The predicted molar refractivity (Wildman–Crippen MR) is 139 cm³/mol. The van der Waals surface area contributed by atoms with Crippen molar-refractivity contribution in [3.63, 3.8) is 0 Å². The lowest BCUT2D eigenvalue weighted by atomic mass is 9.88. The highest BCUT2D eigenvalue weighted by Crippen LogP contribution is 2.43. The number of hydrogen-bond donors (Lipinski definition) is 3. The molecule has 198 valence electrons. The number of fused-ring (bicyclic) bond motifs is 2. The zero-order valence-corrected chi connectivity index (χ0v) is 21.0. The number of rotatable bonds is 4. The Morgan fingerprint density at radius 1 is 1.21 bits per heavy atom. The largest absolute Gasteiger partial charge is 0.416 e. The van der Waals surface area contributed by atoms with Crippen LogP contribution in [0.25, 0.3) is 5.57 Å². The van der Waals surface area contributed by atoms with Crippen LogP contribution in [-0.4, -0.2) is 33.8 Å². The first-order valence-corrected chi connectivity index (χ1v) is 12.6. The molecule has 5 rings (SSSR count). The zero-order chi connectivity index (χ0) is 27.0. The first kappa shape index (κ1) is 26.2. The van der Waals surface area contributed by atoms with E-state index in [4.69, 9.17) is 11.6 Å². The second-order valence-electron chi connectivity index (χ2n) is 9.44. The molecule has 1 aliphatic heterocycles. The van der Waals surface area contributed by atoms with E-state index in [9.17, 15) is 28.2 Å². The summed E-state index contributed by atoms with van der Waals surface area (Å²) in [5.41, 5.74) is 3.53. The topological polar surface area (TPSA) is 85.7 Å². The molecular weight excluding hydrogens is 519 g/mol. The van der Waals surface area contributed by atoms with Crippen molar-refractivity contribution >= 4 is 40.3 Å². The Balaban J connectivity index is 1.50. The van der Waals surface area contributed by atoms with Gasteiger partial charge in [0.05, 0.1) is 29.0 Å². The minimum atomic E-state index is -4.56. The molecule has 1 atom stereocenters. The summed E-state index contributed by atoms with van der Waals surface area (Å²) in [5.74, 6) is -0.140. The summed E-state index contributed by atoms with van der Waals surface area (Å²) in [6.45, 7) is -0.0288. The lowest BCUT2D eigenvalue weighted by Crippen LogP contribution is -2.26. The van der Waals surface area contributed by atoms with Crippen LogP contribution in [0.5, 0.6) is 0 Å². The Morgan fingerprint density at radius 3 is 2.76 bits per heavy atom. The van der Waals surface area contributed by atoms with E-state index < -0.39 is 23.8 Å². The maximum atomic E-state index is 13.6. The maximum Gasteiger partial charge on any atom is 0.416 e. The van der Waals surface area contributed by atoms with Crippen LogP contribution >= 0.6 is 11.6 Å². The maximum absolute atomic E-state index is 13.6. The minimum absolute atomic E-state index is 0.195. The number of aromatic nitrogens is 1. The van der Waals surface area contributed by atoms with Crippen molar-refractivity contribution in [2.45, 2.75) is 44.6 Å². The molecule has 0 fully saturated rings. The average molecular weight is 544 g/mol. The van der Waals surface area contributed by atoms with Gasteiger partial charge in [-0.25, -0.2) is 4.98 Å². The SMILES string of the molecule is O=C(/C=C1\CCN(c2ncc(CO)cc2Cl)c2cc(C(F)(F)F)ccc21)Nc1cccc2c1CC(O)CC2. The number of nitrogens with zero attached hydrogens (tertiary/aromatic N) is 2. The van der Waals surface area contributed by atoms with Gasteiger partial charge in [-0.2, -0.15) is 13.2 Å². The second kappa shape index (κ2) is 10.4. The van der Waals surface area contributed by atoms with E-state index >= 15 is 0 Å². The molecule has 1 aromatic heterocycles. The number of hydrogen-bond acceptors (Lipinski definition) is 5. The first-order valence-electron chi connectivity index (χ1n) is 12.2. The molecule has 1 aliphatic carbocycles. The molecule has 0 radical (unpaired) electrons. The fourth-order valence-corrected chi connectivity index (χ4v) is 5.32. The molecule has 2 aromatic carbocycles. The highest BCUT2D eigenvalue weighted by atomic mass is 35.5. The highest BCUT2D eigenvalue weighted by Gasteiger charge is 2.34. The van der Waals surface area contributed by atoms with Crippen molar-refractivity contribution in [1.29, 1.82) is 0 Å². The summed E-state index contributed by atoms with van der Waals surface area (Å²) in [4.78, 5) is 18.9. The van der Waals surface area contributed by atoms with Gasteiger partial charge in [0.25, 0.3) is 0 Å². The van der Waals surface area contributed by atoms with Gasteiger partial charge in [-0.05, 0) is 65.8 Å². The standard InChI is InChI=1S/C28H25ClF3N3O3/c29-23-10-16(15-36)14-33-27(23)35-9-8-18(21-7-5-19(12-25(21)35)28(30,31)32)11-26(38)34-24-3-1-2-17-4-6-20(37)13-22(17)24/h1-3,5,7,10-12,14,20,36-37H,4,6,8-9,13,15H2,(H,34,38)/b18-11+. The van der Waals surface area contributed by atoms with Gasteiger partial charge in [0, 0.05) is 36.5 Å². The number of benzene rings is 2. The molecule has 1 amide bonds. The number of aliphatic hydroxyl groups excluding tert-OH is 2. The predicted octanol–water partition coefficient (Wildman–Crippen LogP) is 5.66. The number of aliphatic hydroxyl groups is 2. The molecule has 2 aliphatic rings. The van der Waals surface area contributed by atoms with E-state index in [1.165, 1.54) is 24.4 Å². The lowest BCUT2D eigenvalue weighted by molar-refractivity contribution is -0.137. The monoisotopic (exact) mass is 543 g/mol. The quantitative estimate of drug-likeness (QED) is 0.370. The van der Waals surface area contributed by atoms with Gasteiger partial charge in [-0.15, -0.1) is 0 Å². The van der Waals surface area contributed by atoms with Crippen LogP contribution < -0.4 is 10.2 Å². The van der Waals surface area contributed by atoms with E-state index in [1.807, 2.05) is 12.1 Å². The van der Waals surface area contributed by atoms with Crippen molar-refractivity contribution in [3.05, 3.63) is 87.6 Å². The van der Waals surface area contributed by atoms with Gasteiger partial charge >= 0.3 is 6.18 Å². The molecule has 0 bridgehead atoms. The Bertz CT molecular complexity index is 1420. The smallest absolute Gasteiger partial charge is 0.393 e. The molecule has 38 heavy (non-hydrogen) atoms. The van der Waals surface area contributed by atoms with Crippen LogP contribution in [0.15, 0.2) is 54.7 Å². The van der Waals surface area contributed by atoms with E-state index in [1.54, 1.807) is 11.0 Å². The van der Waals surface area contributed by atoms with Crippen LogP contribution in [0.1, 0.15) is 40.7 Å². The average Bonchev–Trinajstić information content (AvgIpc) is 2.88. The molecule has 10 heteroatoms. The molecule has 0 spiro atoms. The number of amides is 1. The summed E-state index contributed by atoms with van der Waals surface area (Å²) in [6, 6.07) is 10.5. The second-order valence-corrected chi connectivity index (χ2v) is 9.84. The van der Waals surface area contributed by atoms with Crippen LogP contribution in [0.3, 0.4) is 0 Å². The van der Waals surface area contributed by atoms with Crippen molar-refractivity contribution in [3.8, 4) is 0 Å². The normalized spacial score (nSPS) is 18.2. The van der Waals surface area contributed by atoms with Crippen molar-refractivity contribution in [2.24, 2.45) is 0 Å². The lowest BCUT2D eigenvalue weighted by Gasteiger charge is -2.33. The summed E-state index contributed by atoms with van der Waals surface area (Å²) in [6.07, 6.45) is 0.00112.